The Morgan fingerprint density at radius 2 is 1.37 bits per heavy atom. The molecule has 2 N–H and O–H groups in total. The van der Waals surface area contributed by atoms with Crippen molar-refractivity contribution in [3.63, 3.8) is 0 Å². The minimum absolute atomic E-state index is 0. The third-order valence-electron chi connectivity index (χ3n) is 2.69. The molecule has 0 fully saturated rings. The summed E-state index contributed by atoms with van der Waals surface area (Å²) < 4.78 is 0. The number of hydrogen-bond donors (Lipinski definition) is 2. The molecule has 4 heteroatoms. The van der Waals surface area contributed by atoms with Crippen LogP contribution in [-0.2, 0) is 9.59 Å². The highest BCUT2D eigenvalue weighted by Crippen LogP contribution is 2.24. The van der Waals surface area contributed by atoms with Crippen LogP contribution in [0.1, 0.15) is 20.3 Å². The summed E-state index contributed by atoms with van der Waals surface area (Å²) in [4.78, 5) is 21.1. The van der Waals surface area contributed by atoms with Gasteiger partial charge >= 0.3 is 11.9 Å². The summed E-state index contributed by atoms with van der Waals surface area (Å²) in [5.74, 6) is -3.69. The van der Waals surface area contributed by atoms with Gasteiger partial charge in [-0.15, -0.1) is 0 Å². The second-order valence-corrected chi connectivity index (χ2v) is 3.97. The van der Waals surface area contributed by atoms with Gasteiger partial charge in [0.15, 0.2) is 0 Å². The Labute approximate surface area is 113 Å². The molecule has 0 radical (unpaired) electrons. The lowest BCUT2D eigenvalue weighted by molar-refractivity contribution is -0.152. The van der Waals surface area contributed by atoms with Gasteiger partial charge in [0.1, 0.15) is 0 Å². The van der Waals surface area contributed by atoms with E-state index in [9.17, 15) is 9.59 Å². The van der Waals surface area contributed by atoms with Crippen molar-refractivity contribution in [2.24, 2.45) is 11.8 Å². The first-order chi connectivity index (χ1) is 8.63. The molecule has 2 unspecified atom stereocenters. The van der Waals surface area contributed by atoms with E-state index in [-0.39, 0.29) is 7.43 Å². The molecule has 0 spiro atoms. The third kappa shape index (κ3) is 5.86. The van der Waals surface area contributed by atoms with Crippen molar-refractivity contribution in [2.75, 3.05) is 0 Å². The van der Waals surface area contributed by atoms with Crippen LogP contribution in [0, 0.1) is 11.8 Å². The highest BCUT2D eigenvalue weighted by molar-refractivity contribution is 5.81. The van der Waals surface area contributed by atoms with Gasteiger partial charge in [-0.2, -0.15) is 0 Å². The van der Waals surface area contributed by atoms with Gasteiger partial charge in [0, 0.05) is 0 Å². The minimum atomic E-state index is -1.06. The molecule has 0 aliphatic heterocycles. The highest BCUT2D eigenvalue weighted by Gasteiger charge is 2.32. The summed E-state index contributed by atoms with van der Waals surface area (Å²) in [7, 11) is 0. The number of hydrogen-bond acceptors (Lipinski definition) is 2. The molecule has 104 valence electrons. The van der Waals surface area contributed by atoms with Crippen LogP contribution < -0.4 is 0 Å². The average Bonchev–Trinajstić information content (AvgIpc) is 2.41. The molecule has 2 rings (SSSR count). The van der Waals surface area contributed by atoms with Crippen LogP contribution in [0.2, 0.25) is 0 Å². The minimum Gasteiger partial charge on any atom is -0.481 e. The highest BCUT2D eigenvalue weighted by atomic mass is 16.4. The van der Waals surface area contributed by atoms with Gasteiger partial charge in [-0.25, -0.2) is 0 Å². The van der Waals surface area contributed by atoms with Gasteiger partial charge in [-0.05, 0) is 12.8 Å². The number of benzene rings is 1. The molecule has 4 nitrogen and oxygen atoms in total. The van der Waals surface area contributed by atoms with E-state index in [0.29, 0.717) is 12.8 Å². The summed E-state index contributed by atoms with van der Waals surface area (Å²) in [6, 6.07) is 12.0. The number of carboxylic acids is 2. The fourth-order valence-corrected chi connectivity index (χ4v) is 1.75. The van der Waals surface area contributed by atoms with E-state index < -0.39 is 23.8 Å². The van der Waals surface area contributed by atoms with E-state index in [4.69, 9.17) is 10.2 Å². The zero-order valence-corrected chi connectivity index (χ0v) is 9.90. The van der Waals surface area contributed by atoms with Crippen molar-refractivity contribution in [1.29, 1.82) is 0 Å². The van der Waals surface area contributed by atoms with Crippen LogP contribution in [0.3, 0.4) is 0 Å². The van der Waals surface area contributed by atoms with Gasteiger partial charge in [0.25, 0.3) is 0 Å². The molecule has 0 saturated carbocycles. The first-order valence-electron chi connectivity index (χ1n) is 5.75. The smallest absolute Gasteiger partial charge is 0.311 e. The first-order valence-corrected chi connectivity index (χ1v) is 5.75. The van der Waals surface area contributed by atoms with Crippen LogP contribution in [0.5, 0.6) is 0 Å². The molecule has 2 atom stereocenters. The van der Waals surface area contributed by atoms with Crippen molar-refractivity contribution in [3.8, 4) is 0 Å². The van der Waals surface area contributed by atoms with E-state index in [1.54, 1.807) is 6.08 Å². The normalized spacial score (nSPS) is 20.4. The second kappa shape index (κ2) is 8.91. The average molecular weight is 264 g/mol. The zero-order chi connectivity index (χ0) is 13.4. The molecule has 0 saturated heterocycles. The zero-order valence-electron chi connectivity index (χ0n) is 9.90. The van der Waals surface area contributed by atoms with Crippen LogP contribution in [0.15, 0.2) is 48.6 Å². The molecule has 1 aliphatic rings. The van der Waals surface area contributed by atoms with Crippen molar-refractivity contribution in [1.82, 2.24) is 0 Å². The third-order valence-corrected chi connectivity index (χ3v) is 2.69. The Kier molecular flexibility index (Phi) is 7.93. The van der Waals surface area contributed by atoms with Crippen LogP contribution in [-0.4, -0.2) is 22.2 Å². The Morgan fingerprint density at radius 3 is 1.68 bits per heavy atom. The Hall–Kier alpha value is -2.10. The summed E-state index contributed by atoms with van der Waals surface area (Å²) in [5, 5.41) is 17.3. The molecule has 0 bridgehead atoms. The maximum absolute atomic E-state index is 10.6. The number of aliphatic carboxylic acids is 2. The molecule has 1 aromatic carbocycles. The largest absolute Gasteiger partial charge is 0.481 e. The van der Waals surface area contributed by atoms with Gasteiger partial charge in [-0.1, -0.05) is 56.0 Å². The number of carbonyl (C=O) groups is 2. The number of rotatable bonds is 2. The van der Waals surface area contributed by atoms with Crippen LogP contribution in [0.4, 0.5) is 0 Å². The number of carboxylic acid groups (broad SMARTS) is 2. The summed E-state index contributed by atoms with van der Waals surface area (Å²) in [5.41, 5.74) is 0. The van der Waals surface area contributed by atoms with Crippen molar-refractivity contribution in [3.05, 3.63) is 48.6 Å². The molecule has 1 aliphatic carbocycles. The standard InChI is InChI=1S/C8H10O4.C6H6.CH4/c9-7(10)5-3-1-2-4-6(5)8(11)12;1-2-4-6-5-3-1;/h1,3,5-6H,2,4H2,(H,9,10)(H,11,12);1-6H;1H4. The lowest BCUT2D eigenvalue weighted by atomic mass is 9.84. The molecule has 0 heterocycles. The molecule has 1 aromatic rings. The van der Waals surface area contributed by atoms with Crippen molar-refractivity contribution >= 4 is 11.9 Å². The topological polar surface area (TPSA) is 74.6 Å². The van der Waals surface area contributed by atoms with E-state index in [2.05, 4.69) is 0 Å². The van der Waals surface area contributed by atoms with E-state index in [1.165, 1.54) is 6.08 Å². The summed E-state index contributed by atoms with van der Waals surface area (Å²) in [6.45, 7) is 0. The fourth-order valence-electron chi connectivity index (χ4n) is 1.75. The summed E-state index contributed by atoms with van der Waals surface area (Å²) in [6.07, 6.45) is 4.26. The quantitative estimate of drug-likeness (QED) is 0.805. The van der Waals surface area contributed by atoms with E-state index in [0.717, 1.165) is 0 Å². The maximum atomic E-state index is 10.6. The SMILES string of the molecule is C.O=C(O)C1C=CCCC1C(=O)O.c1ccccc1. The maximum Gasteiger partial charge on any atom is 0.311 e. The molecule has 0 aromatic heterocycles. The second-order valence-electron chi connectivity index (χ2n) is 3.97. The fraction of sp³-hybridized carbons (Fsp3) is 0.333. The lowest BCUT2D eigenvalue weighted by Gasteiger charge is -2.19. The lowest BCUT2D eigenvalue weighted by Crippen LogP contribution is -2.30. The van der Waals surface area contributed by atoms with E-state index >= 15 is 0 Å². The predicted molar refractivity (Wildman–Crippen MR) is 73.8 cm³/mol. The van der Waals surface area contributed by atoms with Crippen molar-refractivity contribution in [2.45, 2.75) is 20.3 Å². The van der Waals surface area contributed by atoms with Crippen molar-refractivity contribution < 1.29 is 19.8 Å². The predicted octanol–water partition coefficient (Wildman–Crippen LogP) is 3.06. The van der Waals surface area contributed by atoms with Gasteiger partial charge < -0.3 is 10.2 Å². The first kappa shape index (κ1) is 16.9. The Morgan fingerprint density at radius 1 is 0.895 bits per heavy atom. The molecular weight excluding hydrogens is 244 g/mol. The van der Waals surface area contributed by atoms with Gasteiger partial charge in [-0.3, -0.25) is 9.59 Å². The Bertz CT molecular complexity index is 385. The Balaban J connectivity index is 0.000000392. The number of allylic oxidation sites excluding steroid dienone is 1. The molecule has 19 heavy (non-hydrogen) atoms. The van der Waals surface area contributed by atoms with Gasteiger partial charge in [0.2, 0.25) is 0 Å². The monoisotopic (exact) mass is 264 g/mol. The molecular formula is C15H20O4. The van der Waals surface area contributed by atoms with Crippen LogP contribution in [0.25, 0.3) is 0 Å². The van der Waals surface area contributed by atoms with E-state index in [1.807, 2.05) is 36.4 Å². The molecule has 0 amide bonds. The van der Waals surface area contributed by atoms with Crippen LogP contribution >= 0.6 is 0 Å². The summed E-state index contributed by atoms with van der Waals surface area (Å²) >= 11 is 0. The van der Waals surface area contributed by atoms with Gasteiger partial charge in [0.05, 0.1) is 11.8 Å².